The molecule has 20 heavy (non-hydrogen) atoms. The maximum atomic E-state index is 13.4. The first kappa shape index (κ1) is 15.5. The number of hydrogen-bond donors (Lipinski definition) is 1. The monoisotopic (exact) mass is 355 g/mol. The Bertz CT molecular complexity index is 568. The fourth-order valence-corrected chi connectivity index (χ4v) is 2.94. The Hall–Kier alpha value is -0.900. The number of benzene rings is 2. The van der Waals surface area contributed by atoms with Gasteiger partial charge in [-0.2, -0.15) is 0 Å². The largest absolute Gasteiger partial charge is 0.316 e. The molecule has 4 heteroatoms. The van der Waals surface area contributed by atoms with Crippen LogP contribution in [-0.2, 0) is 12.8 Å². The molecule has 0 bridgehead atoms. The topological polar surface area (TPSA) is 12.0 Å². The van der Waals surface area contributed by atoms with Crippen LogP contribution in [0.5, 0.6) is 0 Å². The van der Waals surface area contributed by atoms with Gasteiger partial charge in [0.2, 0.25) is 0 Å². The second kappa shape index (κ2) is 7.21. The highest BCUT2D eigenvalue weighted by Crippen LogP contribution is 2.20. The summed E-state index contributed by atoms with van der Waals surface area (Å²) in [6.45, 7) is 0. The van der Waals surface area contributed by atoms with Crippen LogP contribution < -0.4 is 5.32 Å². The van der Waals surface area contributed by atoms with Gasteiger partial charge in [-0.3, -0.25) is 0 Å². The average Bonchev–Trinajstić information content (AvgIpc) is 2.39. The van der Waals surface area contributed by atoms with Crippen LogP contribution in [0.15, 0.2) is 46.9 Å². The van der Waals surface area contributed by atoms with Crippen LogP contribution in [0.25, 0.3) is 0 Å². The van der Waals surface area contributed by atoms with Gasteiger partial charge >= 0.3 is 0 Å². The SMILES string of the molecule is CNC(Cc1cc(F)cc(Br)c1)Cc1ccccc1Cl. The van der Waals surface area contributed by atoms with Crippen molar-refractivity contribution in [2.45, 2.75) is 18.9 Å². The summed E-state index contributed by atoms with van der Waals surface area (Å²) in [5.74, 6) is -0.220. The lowest BCUT2D eigenvalue weighted by atomic mass is 9.99. The van der Waals surface area contributed by atoms with E-state index in [2.05, 4.69) is 21.2 Å². The number of halogens is 3. The molecule has 0 aromatic heterocycles. The van der Waals surface area contributed by atoms with Crippen molar-refractivity contribution in [1.82, 2.24) is 5.32 Å². The number of likely N-dealkylation sites (N-methyl/N-ethyl adjacent to an activating group) is 1. The van der Waals surface area contributed by atoms with Gasteiger partial charge in [-0.1, -0.05) is 45.7 Å². The van der Waals surface area contributed by atoms with Crippen molar-refractivity contribution in [3.63, 3.8) is 0 Å². The van der Waals surface area contributed by atoms with Crippen LogP contribution in [0, 0.1) is 5.82 Å². The maximum absolute atomic E-state index is 13.4. The van der Waals surface area contributed by atoms with Crippen molar-refractivity contribution >= 4 is 27.5 Å². The summed E-state index contributed by atoms with van der Waals surface area (Å²) in [6, 6.07) is 13.0. The van der Waals surface area contributed by atoms with Crippen LogP contribution in [0.3, 0.4) is 0 Å². The molecule has 2 aromatic carbocycles. The summed E-state index contributed by atoms with van der Waals surface area (Å²) in [7, 11) is 1.91. The van der Waals surface area contributed by atoms with E-state index in [1.165, 1.54) is 6.07 Å². The van der Waals surface area contributed by atoms with Gasteiger partial charge in [-0.15, -0.1) is 0 Å². The van der Waals surface area contributed by atoms with E-state index in [4.69, 9.17) is 11.6 Å². The lowest BCUT2D eigenvalue weighted by Gasteiger charge is -2.17. The number of rotatable bonds is 5. The van der Waals surface area contributed by atoms with Crippen molar-refractivity contribution in [3.05, 3.63) is 68.9 Å². The van der Waals surface area contributed by atoms with E-state index in [1.54, 1.807) is 6.07 Å². The van der Waals surface area contributed by atoms with Crippen molar-refractivity contribution in [3.8, 4) is 0 Å². The van der Waals surface area contributed by atoms with E-state index in [0.29, 0.717) is 0 Å². The molecule has 0 saturated carbocycles. The van der Waals surface area contributed by atoms with E-state index in [9.17, 15) is 4.39 Å². The summed E-state index contributed by atoms with van der Waals surface area (Å²) >= 11 is 9.51. The number of nitrogens with one attached hydrogen (secondary N) is 1. The van der Waals surface area contributed by atoms with Gasteiger partial charge in [0, 0.05) is 15.5 Å². The quantitative estimate of drug-likeness (QED) is 0.824. The molecule has 0 radical (unpaired) electrons. The van der Waals surface area contributed by atoms with Crippen molar-refractivity contribution in [1.29, 1.82) is 0 Å². The summed E-state index contributed by atoms with van der Waals surface area (Å²) in [6.07, 6.45) is 1.56. The molecule has 0 amide bonds. The van der Waals surface area contributed by atoms with Gasteiger partial charge in [0.1, 0.15) is 5.82 Å². The molecule has 2 rings (SSSR count). The zero-order valence-corrected chi connectivity index (χ0v) is 13.5. The Labute approximate surface area is 132 Å². The second-order valence-electron chi connectivity index (χ2n) is 4.76. The summed E-state index contributed by atoms with van der Waals surface area (Å²) in [5.41, 5.74) is 2.06. The van der Waals surface area contributed by atoms with E-state index >= 15 is 0 Å². The predicted octanol–water partition coefficient (Wildman–Crippen LogP) is 4.61. The van der Waals surface area contributed by atoms with E-state index in [1.807, 2.05) is 37.4 Å². The highest BCUT2D eigenvalue weighted by Gasteiger charge is 2.11. The fourth-order valence-electron chi connectivity index (χ4n) is 2.22. The van der Waals surface area contributed by atoms with Crippen molar-refractivity contribution in [2.75, 3.05) is 7.05 Å². The molecule has 0 aliphatic rings. The van der Waals surface area contributed by atoms with Crippen molar-refractivity contribution < 1.29 is 4.39 Å². The molecule has 0 saturated heterocycles. The summed E-state index contributed by atoms with van der Waals surface area (Å²) in [4.78, 5) is 0. The van der Waals surface area contributed by atoms with Crippen LogP contribution >= 0.6 is 27.5 Å². The first-order valence-electron chi connectivity index (χ1n) is 6.44. The first-order chi connectivity index (χ1) is 9.58. The Morgan fingerprint density at radius 1 is 1.20 bits per heavy atom. The molecule has 0 fully saturated rings. The van der Waals surface area contributed by atoms with E-state index in [0.717, 1.165) is 33.5 Å². The van der Waals surface area contributed by atoms with Gasteiger partial charge in [0.05, 0.1) is 0 Å². The van der Waals surface area contributed by atoms with Crippen LogP contribution in [0.1, 0.15) is 11.1 Å². The third-order valence-corrected chi connectivity index (χ3v) is 4.06. The molecule has 1 nitrogen and oxygen atoms in total. The van der Waals surface area contributed by atoms with Gasteiger partial charge in [-0.05, 0) is 55.3 Å². The zero-order valence-electron chi connectivity index (χ0n) is 11.2. The summed E-state index contributed by atoms with van der Waals surface area (Å²) < 4.78 is 14.2. The minimum Gasteiger partial charge on any atom is -0.316 e. The van der Waals surface area contributed by atoms with E-state index < -0.39 is 0 Å². The smallest absolute Gasteiger partial charge is 0.124 e. The predicted molar refractivity (Wildman–Crippen MR) is 85.8 cm³/mol. The molecule has 1 atom stereocenters. The second-order valence-corrected chi connectivity index (χ2v) is 6.09. The third kappa shape index (κ3) is 4.30. The molecular weight excluding hydrogens is 341 g/mol. The highest BCUT2D eigenvalue weighted by atomic mass is 79.9. The van der Waals surface area contributed by atoms with Gasteiger partial charge in [-0.25, -0.2) is 4.39 Å². The lowest BCUT2D eigenvalue weighted by molar-refractivity contribution is 0.552. The summed E-state index contributed by atoms with van der Waals surface area (Å²) in [5, 5.41) is 4.04. The zero-order chi connectivity index (χ0) is 14.5. The van der Waals surface area contributed by atoms with Crippen LogP contribution in [0.2, 0.25) is 5.02 Å². The average molecular weight is 357 g/mol. The molecule has 2 aromatic rings. The van der Waals surface area contributed by atoms with Gasteiger partial charge in [0.25, 0.3) is 0 Å². The molecule has 0 spiro atoms. The van der Waals surface area contributed by atoms with Gasteiger partial charge in [0.15, 0.2) is 0 Å². The molecule has 106 valence electrons. The standard InChI is InChI=1S/C16H16BrClFN/c1-20-15(9-12-4-2-3-5-16(12)18)8-11-6-13(17)10-14(19)7-11/h2-7,10,15,20H,8-9H2,1H3. The van der Waals surface area contributed by atoms with Gasteiger partial charge < -0.3 is 5.32 Å². The fraction of sp³-hybridized carbons (Fsp3) is 0.250. The first-order valence-corrected chi connectivity index (χ1v) is 7.61. The minimum absolute atomic E-state index is 0.212. The Morgan fingerprint density at radius 3 is 2.60 bits per heavy atom. The molecule has 0 aliphatic heterocycles. The Kier molecular flexibility index (Phi) is 5.58. The van der Waals surface area contributed by atoms with Crippen LogP contribution in [0.4, 0.5) is 4.39 Å². The van der Waals surface area contributed by atoms with Crippen molar-refractivity contribution in [2.24, 2.45) is 0 Å². The molecule has 1 N–H and O–H groups in total. The number of hydrogen-bond acceptors (Lipinski definition) is 1. The van der Waals surface area contributed by atoms with Crippen LogP contribution in [-0.4, -0.2) is 13.1 Å². The Morgan fingerprint density at radius 2 is 1.95 bits per heavy atom. The van der Waals surface area contributed by atoms with E-state index in [-0.39, 0.29) is 11.9 Å². The molecular formula is C16H16BrClFN. The molecule has 1 unspecified atom stereocenters. The normalized spacial score (nSPS) is 12.4. The minimum atomic E-state index is -0.220. The maximum Gasteiger partial charge on any atom is 0.124 e. The Balaban J connectivity index is 2.11. The highest BCUT2D eigenvalue weighted by molar-refractivity contribution is 9.10. The lowest BCUT2D eigenvalue weighted by Crippen LogP contribution is -2.30. The third-order valence-electron chi connectivity index (χ3n) is 3.24. The molecule has 0 aliphatic carbocycles. The molecule has 0 heterocycles.